The number of carbonyl (C=O) groups is 2. The fraction of sp³-hybridized carbons (Fsp3) is 0.826. The quantitative estimate of drug-likeness (QED) is 0.371. The number of ether oxygens (including phenoxy) is 1. The Morgan fingerprint density at radius 1 is 1.14 bits per heavy atom. The van der Waals surface area contributed by atoms with Crippen molar-refractivity contribution in [1.82, 2.24) is 0 Å². The SMILES string of the molecule is CC(=CCOC(=O)CC(=O)O)CCC1C(C)(O)CCC2C(C)(C)CCCC21C. The molecule has 2 N–H and O–H groups in total. The van der Waals surface area contributed by atoms with E-state index in [-0.39, 0.29) is 17.9 Å². The Balaban J connectivity index is 2.01. The van der Waals surface area contributed by atoms with E-state index in [1.807, 2.05) is 19.9 Å². The summed E-state index contributed by atoms with van der Waals surface area (Å²) in [7, 11) is 0. The summed E-state index contributed by atoms with van der Waals surface area (Å²) < 4.78 is 4.94. The summed E-state index contributed by atoms with van der Waals surface area (Å²) >= 11 is 0. The summed E-state index contributed by atoms with van der Waals surface area (Å²) in [6.07, 6.45) is 8.64. The molecule has 2 aliphatic rings. The van der Waals surface area contributed by atoms with Crippen LogP contribution in [0, 0.1) is 22.7 Å². The van der Waals surface area contributed by atoms with Crippen LogP contribution in [0.4, 0.5) is 0 Å². The predicted octanol–water partition coefficient (Wildman–Crippen LogP) is 4.72. The molecule has 5 heteroatoms. The number of esters is 1. The molecule has 0 saturated heterocycles. The molecule has 0 bridgehead atoms. The lowest BCUT2D eigenvalue weighted by Gasteiger charge is -2.61. The zero-order valence-electron chi connectivity index (χ0n) is 18.2. The van der Waals surface area contributed by atoms with Gasteiger partial charge in [-0.15, -0.1) is 0 Å². The summed E-state index contributed by atoms with van der Waals surface area (Å²) in [5, 5.41) is 19.8. The minimum Gasteiger partial charge on any atom is -0.481 e. The number of hydrogen-bond donors (Lipinski definition) is 2. The van der Waals surface area contributed by atoms with Crippen LogP contribution in [0.2, 0.25) is 0 Å². The van der Waals surface area contributed by atoms with E-state index >= 15 is 0 Å². The predicted molar refractivity (Wildman–Crippen MR) is 109 cm³/mol. The highest BCUT2D eigenvalue weighted by atomic mass is 16.5. The lowest BCUT2D eigenvalue weighted by Crippen LogP contribution is -2.57. The number of carboxylic acids is 1. The second-order valence-electron chi connectivity index (χ2n) is 10.2. The maximum atomic E-state index is 11.3. The van der Waals surface area contributed by atoms with E-state index in [1.54, 1.807) is 0 Å². The minimum absolute atomic E-state index is 0.103. The molecule has 2 saturated carbocycles. The van der Waals surface area contributed by atoms with E-state index in [2.05, 4.69) is 20.8 Å². The highest BCUT2D eigenvalue weighted by molar-refractivity contribution is 5.90. The molecule has 2 rings (SSSR count). The molecule has 4 atom stereocenters. The number of aliphatic hydroxyl groups is 1. The van der Waals surface area contributed by atoms with Crippen LogP contribution in [0.15, 0.2) is 11.6 Å². The van der Waals surface area contributed by atoms with Crippen molar-refractivity contribution in [2.75, 3.05) is 6.61 Å². The molecule has 28 heavy (non-hydrogen) atoms. The van der Waals surface area contributed by atoms with Gasteiger partial charge in [0.25, 0.3) is 0 Å². The van der Waals surface area contributed by atoms with Crippen LogP contribution in [0.5, 0.6) is 0 Å². The Bertz CT molecular complexity index is 618. The van der Waals surface area contributed by atoms with E-state index in [0.717, 1.165) is 31.3 Å². The third kappa shape index (κ3) is 5.16. The van der Waals surface area contributed by atoms with Gasteiger partial charge in [-0.2, -0.15) is 0 Å². The third-order valence-electron chi connectivity index (χ3n) is 7.56. The number of fused-ring (bicyclic) bond motifs is 1. The summed E-state index contributed by atoms with van der Waals surface area (Å²) in [6.45, 7) is 11.3. The Hall–Kier alpha value is -1.36. The van der Waals surface area contributed by atoms with Crippen molar-refractivity contribution in [3.05, 3.63) is 11.6 Å². The van der Waals surface area contributed by atoms with Crippen molar-refractivity contribution in [2.24, 2.45) is 22.7 Å². The maximum absolute atomic E-state index is 11.3. The normalized spacial score (nSPS) is 35.1. The molecular formula is C23H38O5. The number of rotatable bonds is 7. The Morgan fingerprint density at radius 3 is 2.46 bits per heavy atom. The van der Waals surface area contributed by atoms with Gasteiger partial charge in [-0.25, -0.2) is 0 Å². The molecule has 0 amide bonds. The summed E-state index contributed by atoms with van der Waals surface area (Å²) in [5.41, 5.74) is 0.940. The highest BCUT2D eigenvalue weighted by Gasteiger charge is 2.57. The van der Waals surface area contributed by atoms with Crippen LogP contribution >= 0.6 is 0 Å². The van der Waals surface area contributed by atoms with Gasteiger partial charge in [-0.3, -0.25) is 9.59 Å². The molecule has 4 unspecified atom stereocenters. The van der Waals surface area contributed by atoms with Crippen molar-refractivity contribution in [3.8, 4) is 0 Å². The van der Waals surface area contributed by atoms with Crippen LogP contribution < -0.4 is 0 Å². The monoisotopic (exact) mass is 394 g/mol. The number of carboxylic acid groups (broad SMARTS) is 1. The van der Waals surface area contributed by atoms with E-state index in [1.165, 1.54) is 19.3 Å². The Labute approximate surface area is 169 Å². The van der Waals surface area contributed by atoms with Crippen LogP contribution in [0.1, 0.15) is 86.0 Å². The molecular weight excluding hydrogens is 356 g/mol. The molecule has 160 valence electrons. The summed E-state index contributed by atoms with van der Waals surface area (Å²) in [6, 6.07) is 0. The first-order valence-corrected chi connectivity index (χ1v) is 10.6. The van der Waals surface area contributed by atoms with Gasteiger partial charge in [0.15, 0.2) is 0 Å². The van der Waals surface area contributed by atoms with E-state index in [9.17, 15) is 14.7 Å². The van der Waals surface area contributed by atoms with Gasteiger partial charge in [-0.1, -0.05) is 32.8 Å². The van der Waals surface area contributed by atoms with Gasteiger partial charge in [0.1, 0.15) is 13.0 Å². The second-order valence-corrected chi connectivity index (χ2v) is 10.2. The molecule has 2 fully saturated rings. The first kappa shape index (κ1) is 22.9. The summed E-state index contributed by atoms with van der Waals surface area (Å²) in [5.74, 6) is -1.01. The lowest BCUT2D eigenvalue weighted by molar-refractivity contribution is -0.168. The van der Waals surface area contributed by atoms with Gasteiger partial charge in [0.2, 0.25) is 0 Å². The highest BCUT2D eigenvalue weighted by Crippen LogP contribution is 2.62. The average Bonchev–Trinajstić information content (AvgIpc) is 2.51. The summed E-state index contributed by atoms with van der Waals surface area (Å²) in [4.78, 5) is 21.8. The Morgan fingerprint density at radius 2 is 1.82 bits per heavy atom. The maximum Gasteiger partial charge on any atom is 0.317 e. The molecule has 0 aromatic rings. The molecule has 5 nitrogen and oxygen atoms in total. The number of hydrogen-bond acceptors (Lipinski definition) is 4. The molecule has 0 aromatic heterocycles. The average molecular weight is 395 g/mol. The minimum atomic E-state index is -1.18. The largest absolute Gasteiger partial charge is 0.481 e. The second kappa shape index (κ2) is 8.56. The lowest BCUT2D eigenvalue weighted by atomic mass is 9.45. The van der Waals surface area contributed by atoms with E-state index in [4.69, 9.17) is 9.84 Å². The van der Waals surface area contributed by atoms with Gasteiger partial charge < -0.3 is 14.9 Å². The van der Waals surface area contributed by atoms with Crippen molar-refractivity contribution in [3.63, 3.8) is 0 Å². The molecule has 0 spiro atoms. The smallest absolute Gasteiger partial charge is 0.317 e. The molecule has 2 aliphatic carbocycles. The Kier molecular flexibility index (Phi) is 7.01. The van der Waals surface area contributed by atoms with Gasteiger partial charge in [0.05, 0.1) is 5.60 Å². The number of carbonyl (C=O) groups excluding carboxylic acids is 1. The van der Waals surface area contributed by atoms with Crippen molar-refractivity contribution >= 4 is 11.9 Å². The van der Waals surface area contributed by atoms with E-state index in [0.29, 0.717) is 11.3 Å². The number of aliphatic carboxylic acids is 1. The van der Waals surface area contributed by atoms with Gasteiger partial charge in [0, 0.05) is 0 Å². The zero-order chi connectivity index (χ0) is 21.2. The van der Waals surface area contributed by atoms with Crippen LogP contribution in [-0.2, 0) is 14.3 Å². The van der Waals surface area contributed by atoms with Crippen LogP contribution in [-0.4, -0.2) is 34.4 Å². The fourth-order valence-electron chi connectivity index (χ4n) is 6.19. The first-order valence-electron chi connectivity index (χ1n) is 10.6. The van der Waals surface area contributed by atoms with Crippen LogP contribution in [0.25, 0.3) is 0 Å². The third-order valence-corrected chi connectivity index (χ3v) is 7.56. The van der Waals surface area contributed by atoms with Gasteiger partial charge >= 0.3 is 11.9 Å². The topological polar surface area (TPSA) is 83.8 Å². The van der Waals surface area contributed by atoms with E-state index < -0.39 is 24.0 Å². The fourth-order valence-corrected chi connectivity index (χ4v) is 6.19. The van der Waals surface area contributed by atoms with Gasteiger partial charge in [-0.05, 0) is 81.1 Å². The molecule has 0 heterocycles. The van der Waals surface area contributed by atoms with Crippen molar-refractivity contribution in [1.29, 1.82) is 0 Å². The van der Waals surface area contributed by atoms with Crippen molar-refractivity contribution in [2.45, 2.75) is 91.6 Å². The number of allylic oxidation sites excluding steroid dienone is 1. The standard InChI is InChI=1S/C23H38O5/c1-16(10-14-28-20(26)15-19(24)25)7-8-18-22(4)12-6-11-21(2,3)17(22)9-13-23(18,5)27/h10,17-18,27H,6-9,11-15H2,1-5H3,(H,24,25). The first-order chi connectivity index (χ1) is 12.9. The van der Waals surface area contributed by atoms with Crippen LogP contribution in [0.3, 0.4) is 0 Å². The zero-order valence-corrected chi connectivity index (χ0v) is 18.2. The van der Waals surface area contributed by atoms with Crippen molar-refractivity contribution < 1.29 is 24.5 Å². The molecule has 0 aliphatic heterocycles. The molecule has 0 radical (unpaired) electrons. The molecule has 0 aromatic carbocycles.